The van der Waals surface area contributed by atoms with Gasteiger partial charge in [0.25, 0.3) is 5.91 Å². The highest BCUT2D eigenvalue weighted by atomic mass is 32.2. The SMILES string of the molecule is COc1ccc(NC(=O)C(CCSC)NC(=O)c2ccc(C)cc2)cc1. The molecule has 0 spiro atoms. The molecule has 1 unspecified atom stereocenters. The molecule has 0 saturated carbocycles. The largest absolute Gasteiger partial charge is 0.497 e. The van der Waals surface area contributed by atoms with E-state index in [4.69, 9.17) is 4.74 Å². The highest BCUT2D eigenvalue weighted by molar-refractivity contribution is 7.98. The van der Waals surface area contributed by atoms with Crippen molar-refractivity contribution < 1.29 is 14.3 Å². The minimum atomic E-state index is -0.599. The Kier molecular flexibility index (Phi) is 7.53. The number of nitrogens with one attached hydrogen (secondary N) is 2. The van der Waals surface area contributed by atoms with Gasteiger partial charge in [-0.15, -0.1) is 0 Å². The summed E-state index contributed by atoms with van der Waals surface area (Å²) in [7, 11) is 1.59. The predicted octanol–water partition coefficient (Wildman–Crippen LogP) is 3.49. The van der Waals surface area contributed by atoms with Crippen LogP contribution in [0.5, 0.6) is 5.75 Å². The van der Waals surface area contributed by atoms with Crippen LogP contribution in [0.4, 0.5) is 5.69 Å². The summed E-state index contributed by atoms with van der Waals surface area (Å²) < 4.78 is 5.11. The van der Waals surface area contributed by atoms with Crippen LogP contribution < -0.4 is 15.4 Å². The molecule has 0 saturated heterocycles. The number of hydrogen-bond donors (Lipinski definition) is 2. The lowest BCUT2D eigenvalue weighted by atomic mass is 10.1. The van der Waals surface area contributed by atoms with Crippen LogP contribution in [-0.4, -0.2) is 37.0 Å². The minimum absolute atomic E-state index is 0.232. The van der Waals surface area contributed by atoms with Crippen LogP contribution in [0.15, 0.2) is 48.5 Å². The summed E-state index contributed by atoms with van der Waals surface area (Å²) >= 11 is 1.64. The molecule has 2 amide bonds. The van der Waals surface area contributed by atoms with Crippen LogP contribution in [0.25, 0.3) is 0 Å². The molecule has 2 rings (SSSR count). The fourth-order valence-electron chi connectivity index (χ4n) is 2.35. The molecule has 6 heteroatoms. The van der Waals surface area contributed by atoms with Crippen molar-refractivity contribution in [2.45, 2.75) is 19.4 Å². The van der Waals surface area contributed by atoms with Crippen molar-refractivity contribution in [1.29, 1.82) is 0 Å². The number of anilines is 1. The van der Waals surface area contributed by atoms with Crippen LogP contribution in [0.3, 0.4) is 0 Å². The zero-order valence-corrected chi connectivity index (χ0v) is 16.1. The Morgan fingerprint density at radius 3 is 2.31 bits per heavy atom. The first kappa shape index (κ1) is 19.8. The molecular formula is C20H24N2O3S. The van der Waals surface area contributed by atoms with Crippen molar-refractivity contribution in [2.75, 3.05) is 24.4 Å². The first-order valence-electron chi connectivity index (χ1n) is 8.35. The number of ether oxygens (including phenoxy) is 1. The number of carbonyl (C=O) groups excluding carboxylic acids is 2. The Balaban J connectivity index is 2.05. The summed E-state index contributed by atoms with van der Waals surface area (Å²) in [6.07, 6.45) is 2.53. The van der Waals surface area contributed by atoms with Crippen molar-refractivity contribution >= 4 is 29.3 Å². The maximum absolute atomic E-state index is 12.6. The molecule has 0 bridgehead atoms. The lowest BCUT2D eigenvalue weighted by Gasteiger charge is -2.18. The van der Waals surface area contributed by atoms with Gasteiger partial charge in [0.05, 0.1) is 7.11 Å². The molecule has 138 valence electrons. The van der Waals surface area contributed by atoms with Crippen molar-refractivity contribution in [3.8, 4) is 5.75 Å². The molecular weight excluding hydrogens is 348 g/mol. The minimum Gasteiger partial charge on any atom is -0.497 e. The fraction of sp³-hybridized carbons (Fsp3) is 0.300. The summed E-state index contributed by atoms with van der Waals surface area (Å²) in [6, 6.07) is 13.8. The maximum Gasteiger partial charge on any atom is 0.251 e. The van der Waals surface area contributed by atoms with Crippen molar-refractivity contribution in [3.63, 3.8) is 0 Å². The normalized spacial score (nSPS) is 11.5. The molecule has 0 aromatic heterocycles. The van der Waals surface area contributed by atoms with Crippen LogP contribution >= 0.6 is 11.8 Å². The van der Waals surface area contributed by atoms with Crippen LogP contribution in [0.1, 0.15) is 22.3 Å². The molecule has 2 aromatic rings. The van der Waals surface area contributed by atoms with E-state index < -0.39 is 6.04 Å². The van der Waals surface area contributed by atoms with Gasteiger partial charge in [-0.3, -0.25) is 9.59 Å². The van der Waals surface area contributed by atoms with Gasteiger partial charge >= 0.3 is 0 Å². The van der Waals surface area contributed by atoms with Gasteiger partial charge in [0, 0.05) is 11.3 Å². The quantitative estimate of drug-likeness (QED) is 0.744. The Morgan fingerprint density at radius 2 is 1.73 bits per heavy atom. The van der Waals surface area contributed by atoms with Gasteiger partial charge in [-0.1, -0.05) is 17.7 Å². The molecule has 0 radical (unpaired) electrons. The van der Waals surface area contributed by atoms with Gasteiger partial charge in [-0.25, -0.2) is 0 Å². The second-order valence-electron chi connectivity index (χ2n) is 5.89. The highest BCUT2D eigenvalue weighted by Crippen LogP contribution is 2.16. The average Bonchev–Trinajstić information content (AvgIpc) is 2.66. The van der Waals surface area contributed by atoms with Crippen LogP contribution in [0.2, 0.25) is 0 Å². The fourth-order valence-corrected chi connectivity index (χ4v) is 2.83. The summed E-state index contributed by atoms with van der Waals surface area (Å²) in [5.74, 6) is 1.01. The van der Waals surface area contributed by atoms with Crippen LogP contribution in [0, 0.1) is 6.92 Å². The second-order valence-corrected chi connectivity index (χ2v) is 6.88. The first-order chi connectivity index (χ1) is 12.5. The van der Waals surface area contributed by atoms with Crippen molar-refractivity contribution in [3.05, 3.63) is 59.7 Å². The molecule has 0 aliphatic heterocycles. The average molecular weight is 372 g/mol. The van der Waals surface area contributed by atoms with E-state index >= 15 is 0 Å². The van der Waals surface area contributed by atoms with Gasteiger partial charge in [0.15, 0.2) is 0 Å². The molecule has 0 aliphatic carbocycles. The van der Waals surface area contributed by atoms with E-state index in [0.717, 1.165) is 17.1 Å². The third kappa shape index (κ3) is 5.81. The smallest absolute Gasteiger partial charge is 0.251 e. The number of carbonyl (C=O) groups is 2. The molecule has 0 fully saturated rings. The van der Waals surface area contributed by atoms with Crippen molar-refractivity contribution in [2.24, 2.45) is 0 Å². The van der Waals surface area contributed by atoms with E-state index in [2.05, 4.69) is 10.6 Å². The number of aryl methyl sites for hydroxylation is 1. The second kappa shape index (κ2) is 9.87. The van der Waals surface area contributed by atoms with Gasteiger partial charge in [-0.05, 0) is 61.8 Å². The topological polar surface area (TPSA) is 67.4 Å². The number of hydrogen-bond acceptors (Lipinski definition) is 4. The van der Waals surface area contributed by atoms with Gasteiger partial charge in [0.1, 0.15) is 11.8 Å². The highest BCUT2D eigenvalue weighted by Gasteiger charge is 2.21. The van der Waals surface area contributed by atoms with Crippen molar-refractivity contribution in [1.82, 2.24) is 5.32 Å². The number of rotatable bonds is 8. The summed E-state index contributed by atoms with van der Waals surface area (Å²) in [5.41, 5.74) is 2.29. The zero-order valence-electron chi connectivity index (χ0n) is 15.2. The van der Waals surface area contributed by atoms with Gasteiger partial charge < -0.3 is 15.4 Å². The Hall–Kier alpha value is -2.47. The third-order valence-electron chi connectivity index (χ3n) is 3.90. The molecule has 2 aromatic carbocycles. The lowest BCUT2D eigenvalue weighted by Crippen LogP contribution is -2.44. The van der Waals surface area contributed by atoms with E-state index in [1.807, 2.05) is 25.3 Å². The van der Waals surface area contributed by atoms with Gasteiger partial charge in [0.2, 0.25) is 5.91 Å². The van der Waals surface area contributed by atoms with Gasteiger partial charge in [-0.2, -0.15) is 11.8 Å². The zero-order chi connectivity index (χ0) is 18.9. The molecule has 1 atom stereocenters. The Labute approximate surface area is 158 Å². The Morgan fingerprint density at radius 1 is 1.08 bits per heavy atom. The molecule has 26 heavy (non-hydrogen) atoms. The third-order valence-corrected chi connectivity index (χ3v) is 4.55. The van der Waals surface area contributed by atoms with E-state index in [1.54, 1.807) is 55.3 Å². The molecule has 0 heterocycles. The number of methoxy groups -OCH3 is 1. The predicted molar refractivity (Wildman–Crippen MR) is 107 cm³/mol. The Bertz CT molecular complexity index is 730. The maximum atomic E-state index is 12.6. The molecule has 5 nitrogen and oxygen atoms in total. The first-order valence-corrected chi connectivity index (χ1v) is 9.74. The number of benzene rings is 2. The molecule has 0 aliphatic rings. The summed E-state index contributed by atoms with van der Waals surface area (Å²) in [5, 5.41) is 5.69. The van der Waals surface area contributed by atoms with E-state index in [-0.39, 0.29) is 11.8 Å². The standard InChI is InChI=1S/C20H24N2O3S/c1-14-4-6-15(7-5-14)19(23)22-18(12-13-26-3)20(24)21-16-8-10-17(25-2)11-9-16/h4-11,18H,12-13H2,1-3H3,(H,21,24)(H,22,23). The van der Waals surface area contributed by atoms with E-state index in [1.165, 1.54) is 0 Å². The summed E-state index contributed by atoms with van der Waals surface area (Å²) in [4.78, 5) is 25.1. The molecule has 2 N–H and O–H groups in total. The van der Waals surface area contributed by atoms with E-state index in [0.29, 0.717) is 17.7 Å². The number of amides is 2. The monoisotopic (exact) mass is 372 g/mol. The summed E-state index contributed by atoms with van der Waals surface area (Å²) in [6.45, 7) is 1.96. The van der Waals surface area contributed by atoms with E-state index in [9.17, 15) is 9.59 Å². The number of thioether (sulfide) groups is 1. The van der Waals surface area contributed by atoms with Crippen LogP contribution in [-0.2, 0) is 4.79 Å². The lowest BCUT2D eigenvalue weighted by molar-refractivity contribution is -0.118.